The van der Waals surface area contributed by atoms with Crippen LogP contribution in [0.25, 0.3) is 0 Å². The van der Waals surface area contributed by atoms with Gasteiger partial charge in [-0.05, 0) is 6.92 Å². The van der Waals surface area contributed by atoms with E-state index < -0.39 is 0 Å². The van der Waals surface area contributed by atoms with Gasteiger partial charge in [0.05, 0.1) is 12.1 Å². The van der Waals surface area contributed by atoms with Crippen molar-refractivity contribution in [3.05, 3.63) is 0 Å². The van der Waals surface area contributed by atoms with Gasteiger partial charge in [-0.3, -0.25) is 4.79 Å². The predicted molar refractivity (Wildman–Crippen MR) is 68.0 cm³/mol. The van der Waals surface area contributed by atoms with Crippen LogP contribution in [0, 0.1) is 0 Å². The highest BCUT2D eigenvalue weighted by molar-refractivity contribution is 7.80. The predicted octanol–water partition coefficient (Wildman–Crippen LogP) is -0.450. The summed E-state index contributed by atoms with van der Waals surface area (Å²) in [7, 11) is 0. The van der Waals surface area contributed by atoms with Gasteiger partial charge in [0, 0.05) is 24.6 Å². The molecule has 0 aliphatic heterocycles. The highest BCUT2D eigenvalue weighted by Gasteiger charge is 2.10. The number of hydrogen-bond donors (Lipinski definition) is 4. The van der Waals surface area contributed by atoms with E-state index in [0.29, 0.717) is 24.6 Å². The fraction of sp³-hybridized carbons (Fsp3) is 0.778. The fourth-order valence-electron chi connectivity index (χ4n) is 0.996. The van der Waals surface area contributed by atoms with Crippen LogP contribution in [-0.2, 0) is 9.59 Å². The first-order chi connectivity index (χ1) is 7.15. The monoisotopic (exact) mass is 250 g/mol. The second kappa shape index (κ2) is 9.21. The van der Waals surface area contributed by atoms with Gasteiger partial charge in [-0.2, -0.15) is 25.3 Å². The molecular formula is C9H18N2O2S2. The molecule has 0 saturated carbocycles. The van der Waals surface area contributed by atoms with Crippen LogP contribution >= 0.6 is 25.3 Å². The highest BCUT2D eigenvalue weighted by Crippen LogP contribution is 1.89. The molecule has 0 saturated heterocycles. The Hall–Kier alpha value is -0.0400. The molecule has 0 unspecified atom stereocenters. The number of thiol groups is 2. The Morgan fingerprint density at radius 2 is 1.87 bits per heavy atom. The number of aldehydes is 1. The summed E-state index contributed by atoms with van der Waals surface area (Å²) >= 11 is 8.07. The molecule has 0 bridgehead atoms. The number of hydrogen-bond acceptors (Lipinski definition) is 6. The molecule has 2 N–H and O–H groups in total. The van der Waals surface area contributed by atoms with Gasteiger partial charge in [0.1, 0.15) is 12.1 Å². The Bertz CT molecular complexity index is 203. The number of nitrogens with one attached hydrogen (secondary N) is 2. The molecule has 0 aliphatic rings. The van der Waals surface area contributed by atoms with Crippen LogP contribution in [0.4, 0.5) is 0 Å². The molecule has 15 heavy (non-hydrogen) atoms. The van der Waals surface area contributed by atoms with Crippen molar-refractivity contribution in [1.29, 1.82) is 0 Å². The molecule has 0 amide bonds. The Labute approximate surface area is 101 Å². The number of Topliss-reactive ketones (excluding diaryl/α,β-unsaturated/α-hetero) is 1. The summed E-state index contributed by atoms with van der Waals surface area (Å²) in [4.78, 5) is 21.4. The zero-order valence-electron chi connectivity index (χ0n) is 8.77. The van der Waals surface area contributed by atoms with Crippen molar-refractivity contribution >= 4 is 37.3 Å². The Morgan fingerprint density at radius 1 is 1.27 bits per heavy atom. The lowest BCUT2D eigenvalue weighted by Crippen LogP contribution is -2.43. The summed E-state index contributed by atoms with van der Waals surface area (Å²) in [6, 6.07) is -0.428. The first kappa shape index (κ1) is 15.0. The summed E-state index contributed by atoms with van der Waals surface area (Å²) in [5.41, 5.74) is 0. The van der Waals surface area contributed by atoms with E-state index in [9.17, 15) is 9.59 Å². The van der Waals surface area contributed by atoms with Crippen molar-refractivity contribution in [2.45, 2.75) is 19.0 Å². The molecule has 0 rings (SSSR count). The van der Waals surface area contributed by atoms with Crippen LogP contribution in [-0.4, -0.2) is 48.7 Å². The van der Waals surface area contributed by atoms with Gasteiger partial charge in [0.2, 0.25) is 0 Å². The molecule has 6 heteroatoms. The maximum atomic E-state index is 11.0. The van der Waals surface area contributed by atoms with Crippen molar-refractivity contribution in [2.75, 3.05) is 24.6 Å². The van der Waals surface area contributed by atoms with Gasteiger partial charge in [0.15, 0.2) is 0 Å². The summed E-state index contributed by atoms with van der Waals surface area (Å²) in [5, 5.41) is 6.04. The van der Waals surface area contributed by atoms with Crippen molar-refractivity contribution in [3.63, 3.8) is 0 Å². The third-order valence-electron chi connectivity index (χ3n) is 1.96. The first-order valence-corrected chi connectivity index (χ1v) is 6.06. The van der Waals surface area contributed by atoms with E-state index in [0.717, 1.165) is 6.29 Å². The van der Waals surface area contributed by atoms with E-state index in [2.05, 4.69) is 35.9 Å². The normalized spacial score (nSPS) is 14.6. The first-order valence-electron chi connectivity index (χ1n) is 4.80. The Morgan fingerprint density at radius 3 is 2.27 bits per heavy atom. The summed E-state index contributed by atoms with van der Waals surface area (Å²) < 4.78 is 0. The van der Waals surface area contributed by atoms with E-state index in [1.165, 1.54) is 6.92 Å². The lowest BCUT2D eigenvalue weighted by atomic mass is 10.2. The Kier molecular flexibility index (Phi) is 9.18. The largest absolute Gasteiger partial charge is 0.306 e. The number of ketones is 1. The molecule has 0 spiro atoms. The van der Waals surface area contributed by atoms with Gasteiger partial charge in [-0.15, -0.1) is 0 Å². The topological polar surface area (TPSA) is 58.2 Å². The van der Waals surface area contributed by atoms with Gasteiger partial charge < -0.3 is 15.4 Å². The molecule has 0 aromatic rings. The average Bonchev–Trinajstić information content (AvgIpc) is 2.23. The average molecular weight is 250 g/mol. The van der Waals surface area contributed by atoms with Crippen LogP contribution < -0.4 is 10.6 Å². The van der Waals surface area contributed by atoms with E-state index in [1.54, 1.807) is 0 Å². The zero-order valence-corrected chi connectivity index (χ0v) is 10.6. The number of carbonyl (C=O) groups excluding carboxylic acids is 2. The third kappa shape index (κ3) is 6.94. The van der Waals surface area contributed by atoms with Crippen molar-refractivity contribution in [1.82, 2.24) is 10.6 Å². The van der Waals surface area contributed by atoms with Crippen LogP contribution in [0.15, 0.2) is 0 Å². The van der Waals surface area contributed by atoms with E-state index in [1.807, 2.05) is 0 Å². The smallest absolute Gasteiger partial charge is 0.147 e. The van der Waals surface area contributed by atoms with Gasteiger partial charge in [-0.1, -0.05) is 0 Å². The lowest BCUT2D eigenvalue weighted by Gasteiger charge is -2.14. The minimum Gasteiger partial charge on any atom is -0.306 e. The summed E-state index contributed by atoms with van der Waals surface area (Å²) in [6.07, 6.45) is 0.827. The highest BCUT2D eigenvalue weighted by atomic mass is 32.1. The third-order valence-corrected chi connectivity index (χ3v) is 2.72. The molecule has 4 nitrogen and oxygen atoms in total. The van der Waals surface area contributed by atoms with Crippen molar-refractivity contribution in [3.8, 4) is 0 Å². The standard InChI is InChI=1S/C9H18N2O2S2/c1-7(13)9(6-15)11-3-2-10-8(4-12)5-14/h4,8-11,14-15H,2-3,5-6H2,1H3/t8-,9+/m1/s1. The van der Waals surface area contributed by atoms with E-state index in [4.69, 9.17) is 0 Å². The van der Waals surface area contributed by atoms with Crippen molar-refractivity contribution in [2.24, 2.45) is 0 Å². The maximum absolute atomic E-state index is 11.0. The molecule has 88 valence electrons. The van der Waals surface area contributed by atoms with E-state index >= 15 is 0 Å². The molecule has 0 aromatic carbocycles. The summed E-state index contributed by atoms with van der Waals surface area (Å²) in [6.45, 7) is 2.79. The second-order valence-corrected chi connectivity index (χ2v) is 3.91. The molecule has 0 heterocycles. The summed E-state index contributed by atoms with van der Waals surface area (Å²) in [5.74, 6) is 1.04. The quantitative estimate of drug-likeness (QED) is 0.254. The number of rotatable bonds is 9. The van der Waals surface area contributed by atoms with Gasteiger partial charge in [-0.25, -0.2) is 0 Å². The SMILES string of the molecule is CC(=O)[C@H](CS)NCCN[C@H](C=O)CS. The van der Waals surface area contributed by atoms with E-state index in [-0.39, 0.29) is 17.9 Å². The molecule has 2 atom stereocenters. The maximum Gasteiger partial charge on any atom is 0.147 e. The minimum atomic E-state index is -0.220. The number of carbonyl (C=O) groups is 2. The molecule has 0 aliphatic carbocycles. The van der Waals surface area contributed by atoms with Crippen LogP contribution in [0.2, 0.25) is 0 Å². The molecular weight excluding hydrogens is 232 g/mol. The second-order valence-electron chi connectivity index (χ2n) is 3.18. The minimum absolute atomic E-state index is 0.0751. The van der Waals surface area contributed by atoms with Crippen molar-refractivity contribution < 1.29 is 9.59 Å². The molecule has 0 fully saturated rings. The van der Waals surface area contributed by atoms with Crippen LogP contribution in [0.5, 0.6) is 0 Å². The molecule has 0 aromatic heterocycles. The fourth-order valence-corrected chi connectivity index (χ4v) is 1.60. The zero-order chi connectivity index (χ0) is 11.7. The molecule has 0 radical (unpaired) electrons. The van der Waals surface area contributed by atoms with Gasteiger partial charge >= 0.3 is 0 Å². The Balaban J connectivity index is 3.60. The van der Waals surface area contributed by atoms with Crippen LogP contribution in [0.1, 0.15) is 6.92 Å². The van der Waals surface area contributed by atoms with Gasteiger partial charge in [0.25, 0.3) is 0 Å². The lowest BCUT2D eigenvalue weighted by molar-refractivity contribution is -0.118. The van der Waals surface area contributed by atoms with Crippen LogP contribution in [0.3, 0.4) is 0 Å².